The molecule has 1 atom stereocenters. The third-order valence-electron chi connectivity index (χ3n) is 8.94. The summed E-state index contributed by atoms with van der Waals surface area (Å²) in [6.45, 7) is 19.7. The van der Waals surface area contributed by atoms with Crippen LogP contribution in [0.5, 0.6) is 0 Å². The van der Waals surface area contributed by atoms with Crippen molar-refractivity contribution in [3.8, 4) is 0 Å². The van der Waals surface area contributed by atoms with Crippen LogP contribution in [0.2, 0.25) is 0 Å². The van der Waals surface area contributed by atoms with Crippen molar-refractivity contribution in [3.05, 3.63) is 83.2 Å². The van der Waals surface area contributed by atoms with E-state index >= 15 is 0 Å². The lowest BCUT2D eigenvalue weighted by Crippen LogP contribution is -2.63. The van der Waals surface area contributed by atoms with E-state index in [9.17, 15) is 38.4 Å². The number of benzene rings is 2. The monoisotopic (exact) mass is 861 g/mol. The largest absolute Gasteiger partial charge is 0.467 e. The molecule has 0 saturated carbocycles. The number of carbonyl (C=O) groups excluding carboxylic acids is 8. The first-order valence-corrected chi connectivity index (χ1v) is 19.9. The normalized spacial score (nSPS) is 13.1. The van der Waals surface area contributed by atoms with E-state index in [4.69, 9.17) is 9.47 Å². The van der Waals surface area contributed by atoms with Gasteiger partial charge < -0.3 is 46.7 Å². The van der Waals surface area contributed by atoms with Crippen LogP contribution in [0.25, 0.3) is 12.2 Å². The highest BCUT2D eigenvalue weighted by atomic mass is 16.6. The molecular formula is C45H63N7O10. The fraction of sp³-hybridized carbons (Fsp3) is 0.467. The predicted molar refractivity (Wildman–Crippen MR) is 234 cm³/mol. The number of methoxy groups -OCH3 is 1. The SMILES string of the molecule is COC(=O)C(C)(C)NC(=O)/C(=C/c1ccccc1)NC(=O)C(C)(C)NC(=O)/C(=C/c1ccccc1)NC(=O)C(C)(C)NC(=O)[C@@H](NC(=O)C(C)(C)NC(=O)OC(C)(C)C)C(C)C. The zero-order chi connectivity index (χ0) is 47.4. The summed E-state index contributed by atoms with van der Waals surface area (Å²) in [5.41, 5.74) is -6.70. The molecule has 0 bridgehead atoms. The van der Waals surface area contributed by atoms with Crippen LogP contribution >= 0.6 is 0 Å². The molecule has 0 aliphatic heterocycles. The number of hydrogen-bond acceptors (Lipinski definition) is 10. The van der Waals surface area contributed by atoms with Crippen LogP contribution < -0.4 is 37.2 Å². The highest BCUT2D eigenvalue weighted by molar-refractivity contribution is 6.08. The van der Waals surface area contributed by atoms with Gasteiger partial charge in [-0.25, -0.2) is 9.59 Å². The van der Waals surface area contributed by atoms with Gasteiger partial charge in [0.1, 0.15) is 45.2 Å². The summed E-state index contributed by atoms with van der Waals surface area (Å²) in [6, 6.07) is 16.0. The standard InChI is InChI=1S/C45H63N7O10/c1-27(2)32(48-38(58)44(10,11)52-40(60)62-41(3,4)5)35(55)51-43(8,9)37(57)46-30(25-28-21-17-15-18-22-28)33(53)49-42(6,7)36(56)47-31(26-29-23-19-16-20-24-29)34(54)50-45(12,13)39(59)61-14/h15-27,32H,1-14H3,(H,46,57)(H,47,56)(H,48,58)(H,49,53)(H,50,54)(H,51,55)(H,52,60)/b30-25-,31-26-/t32-/m0/s1. The number of amides is 7. The summed E-state index contributed by atoms with van der Waals surface area (Å²) in [4.78, 5) is 107. The molecule has 0 aliphatic rings. The number of rotatable bonds is 17. The zero-order valence-corrected chi connectivity index (χ0v) is 38.2. The lowest BCUT2D eigenvalue weighted by atomic mass is 9.97. The van der Waals surface area contributed by atoms with Crippen LogP contribution in [0.15, 0.2) is 72.1 Å². The number of carbonyl (C=O) groups is 8. The summed E-state index contributed by atoms with van der Waals surface area (Å²) in [6.07, 6.45) is 1.94. The summed E-state index contributed by atoms with van der Waals surface area (Å²) in [7, 11) is 1.17. The minimum Gasteiger partial charge on any atom is -0.467 e. The van der Waals surface area contributed by atoms with Gasteiger partial charge in [0.25, 0.3) is 11.8 Å². The molecule has 0 fully saturated rings. The fourth-order valence-electron chi connectivity index (χ4n) is 5.29. The van der Waals surface area contributed by atoms with E-state index in [-0.39, 0.29) is 11.4 Å². The molecule has 0 radical (unpaired) electrons. The smallest absolute Gasteiger partial charge is 0.408 e. The van der Waals surface area contributed by atoms with E-state index in [1.54, 1.807) is 95.3 Å². The molecule has 0 saturated heterocycles. The van der Waals surface area contributed by atoms with E-state index in [2.05, 4.69) is 37.2 Å². The molecule has 0 spiro atoms. The Hall–Kier alpha value is -6.52. The van der Waals surface area contributed by atoms with E-state index in [0.717, 1.165) is 0 Å². The van der Waals surface area contributed by atoms with Gasteiger partial charge in [0.15, 0.2) is 0 Å². The highest BCUT2D eigenvalue weighted by Crippen LogP contribution is 2.16. The molecule has 2 rings (SSSR count). The average Bonchev–Trinajstić information content (AvgIpc) is 3.14. The number of hydrogen-bond donors (Lipinski definition) is 7. The van der Waals surface area contributed by atoms with Crippen LogP contribution in [0, 0.1) is 5.92 Å². The molecule has 0 unspecified atom stereocenters. The molecule has 0 heterocycles. The molecule has 62 heavy (non-hydrogen) atoms. The van der Waals surface area contributed by atoms with Crippen molar-refractivity contribution in [1.82, 2.24) is 37.2 Å². The predicted octanol–water partition coefficient (Wildman–Crippen LogP) is 3.60. The van der Waals surface area contributed by atoms with Crippen molar-refractivity contribution < 1.29 is 47.8 Å². The summed E-state index contributed by atoms with van der Waals surface area (Å²) >= 11 is 0. The molecule has 0 aliphatic carbocycles. The second-order valence-electron chi connectivity index (χ2n) is 18.1. The maximum Gasteiger partial charge on any atom is 0.408 e. The topological polar surface area (TPSA) is 239 Å². The Balaban J connectivity index is 2.37. The van der Waals surface area contributed by atoms with Crippen molar-refractivity contribution in [1.29, 1.82) is 0 Å². The number of esters is 1. The highest BCUT2D eigenvalue weighted by Gasteiger charge is 2.40. The van der Waals surface area contributed by atoms with E-state index in [0.29, 0.717) is 11.1 Å². The van der Waals surface area contributed by atoms with Gasteiger partial charge in [-0.1, -0.05) is 74.5 Å². The number of alkyl carbamates (subject to hydrolysis) is 1. The maximum atomic E-state index is 14.0. The minimum atomic E-state index is -1.73. The Kier molecular flexibility index (Phi) is 17.3. The minimum absolute atomic E-state index is 0.245. The molecule has 17 nitrogen and oxygen atoms in total. The molecular weight excluding hydrogens is 799 g/mol. The summed E-state index contributed by atoms with van der Waals surface area (Å²) < 4.78 is 10.1. The molecule has 17 heteroatoms. The van der Waals surface area contributed by atoms with E-state index in [1.807, 2.05) is 0 Å². The van der Waals surface area contributed by atoms with Gasteiger partial charge in [-0.2, -0.15) is 0 Å². The lowest BCUT2D eigenvalue weighted by molar-refractivity contribution is -0.149. The first-order valence-electron chi connectivity index (χ1n) is 19.9. The van der Waals surface area contributed by atoms with Crippen molar-refractivity contribution in [2.24, 2.45) is 5.92 Å². The zero-order valence-electron chi connectivity index (χ0n) is 38.2. The van der Waals surface area contributed by atoms with E-state index in [1.165, 1.54) is 74.7 Å². The van der Waals surface area contributed by atoms with Gasteiger partial charge in [-0.3, -0.25) is 28.8 Å². The quantitative estimate of drug-likeness (QED) is 0.0901. The molecule has 2 aromatic rings. The van der Waals surface area contributed by atoms with E-state index < -0.39 is 87.2 Å². The van der Waals surface area contributed by atoms with Crippen molar-refractivity contribution >= 4 is 59.7 Å². The molecule has 0 aromatic heterocycles. The molecule has 2 aromatic carbocycles. The molecule has 7 amide bonds. The van der Waals surface area contributed by atoms with Crippen molar-refractivity contribution in [2.45, 2.75) is 124 Å². The Morgan fingerprint density at radius 2 is 0.919 bits per heavy atom. The second-order valence-corrected chi connectivity index (χ2v) is 18.1. The molecule has 7 N–H and O–H groups in total. The lowest BCUT2D eigenvalue weighted by Gasteiger charge is -2.33. The van der Waals surface area contributed by atoms with Crippen LogP contribution in [-0.4, -0.2) is 88.4 Å². The van der Waals surface area contributed by atoms with Gasteiger partial charge in [0.05, 0.1) is 7.11 Å². The Morgan fingerprint density at radius 3 is 1.31 bits per heavy atom. The van der Waals surface area contributed by atoms with Gasteiger partial charge in [-0.05, 0) is 105 Å². The average molecular weight is 862 g/mol. The van der Waals surface area contributed by atoms with Crippen LogP contribution in [0.3, 0.4) is 0 Å². The molecule has 338 valence electrons. The van der Waals surface area contributed by atoms with Crippen molar-refractivity contribution in [2.75, 3.05) is 7.11 Å². The van der Waals surface area contributed by atoms with Gasteiger partial charge in [0, 0.05) is 0 Å². The Bertz CT molecular complexity index is 2050. The van der Waals surface area contributed by atoms with Crippen LogP contribution in [-0.2, 0) is 43.0 Å². The van der Waals surface area contributed by atoms with Gasteiger partial charge in [-0.15, -0.1) is 0 Å². The Morgan fingerprint density at radius 1 is 0.532 bits per heavy atom. The van der Waals surface area contributed by atoms with Crippen molar-refractivity contribution in [3.63, 3.8) is 0 Å². The summed E-state index contributed by atoms with van der Waals surface area (Å²) in [5, 5.41) is 18.1. The van der Waals surface area contributed by atoms with Gasteiger partial charge in [0.2, 0.25) is 23.6 Å². The fourth-order valence-corrected chi connectivity index (χ4v) is 5.29. The third kappa shape index (κ3) is 15.8. The number of nitrogens with one attached hydrogen (secondary N) is 7. The summed E-state index contributed by atoms with van der Waals surface area (Å²) in [5.74, 6) is -6.00. The Labute approximate surface area is 364 Å². The van der Waals surface area contributed by atoms with Gasteiger partial charge >= 0.3 is 12.1 Å². The third-order valence-corrected chi connectivity index (χ3v) is 8.94. The first-order chi connectivity index (χ1) is 28.4. The van der Waals surface area contributed by atoms with Crippen LogP contribution in [0.4, 0.5) is 4.79 Å². The number of ether oxygens (including phenoxy) is 2. The second kappa shape index (κ2) is 20.8. The first kappa shape index (κ1) is 51.6. The van der Waals surface area contributed by atoms with Crippen LogP contribution in [0.1, 0.15) is 101 Å². The maximum absolute atomic E-state index is 14.0.